The maximum atomic E-state index is 9.70. The molecule has 0 aliphatic carbocycles. The predicted molar refractivity (Wildman–Crippen MR) is 73.2 cm³/mol. The average molecular weight is 235 g/mol. The molecule has 0 aliphatic heterocycles. The van der Waals surface area contributed by atoms with Crippen LogP contribution in [0.15, 0.2) is 18.2 Å². The van der Waals surface area contributed by atoms with Crippen molar-refractivity contribution < 1.29 is 5.11 Å². The molecule has 2 N–H and O–H groups in total. The Hall–Kier alpha value is -0.860. The van der Waals surface area contributed by atoms with Crippen molar-refractivity contribution in [3.63, 3.8) is 0 Å². The van der Waals surface area contributed by atoms with Crippen LogP contribution in [0.2, 0.25) is 0 Å². The van der Waals surface area contributed by atoms with E-state index in [0.29, 0.717) is 6.04 Å². The molecule has 0 saturated carbocycles. The van der Waals surface area contributed by atoms with E-state index in [9.17, 15) is 5.11 Å². The molecule has 0 amide bonds. The van der Waals surface area contributed by atoms with Gasteiger partial charge < -0.3 is 10.4 Å². The van der Waals surface area contributed by atoms with E-state index in [1.165, 1.54) is 11.1 Å². The average Bonchev–Trinajstić information content (AvgIpc) is 2.27. The van der Waals surface area contributed by atoms with Crippen LogP contribution in [-0.4, -0.2) is 17.8 Å². The first-order valence-electron chi connectivity index (χ1n) is 6.38. The Labute approximate surface area is 105 Å². The van der Waals surface area contributed by atoms with E-state index < -0.39 is 0 Å². The molecule has 1 rings (SSSR count). The van der Waals surface area contributed by atoms with Gasteiger partial charge in [0.25, 0.3) is 0 Å². The SMILES string of the molecule is CCC(C)NC(C)(CO)c1cc(C)cc(C)c1. The summed E-state index contributed by atoms with van der Waals surface area (Å²) in [5.74, 6) is 0. The number of nitrogens with one attached hydrogen (secondary N) is 1. The monoisotopic (exact) mass is 235 g/mol. The van der Waals surface area contributed by atoms with Crippen LogP contribution in [0.5, 0.6) is 0 Å². The molecule has 0 radical (unpaired) electrons. The van der Waals surface area contributed by atoms with Gasteiger partial charge in [-0.25, -0.2) is 0 Å². The quantitative estimate of drug-likeness (QED) is 0.822. The number of hydrogen-bond donors (Lipinski definition) is 2. The molecule has 0 bridgehead atoms. The summed E-state index contributed by atoms with van der Waals surface area (Å²) in [6.07, 6.45) is 1.06. The highest BCUT2D eigenvalue weighted by Crippen LogP contribution is 2.23. The van der Waals surface area contributed by atoms with Crippen molar-refractivity contribution in [2.45, 2.75) is 52.6 Å². The van der Waals surface area contributed by atoms with Crippen LogP contribution in [0.3, 0.4) is 0 Å². The molecular weight excluding hydrogens is 210 g/mol. The van der Waals surface area contributed by atoms with Crippen molar-refractivity contribution >= 4 is 0 Å². The first kappa shape index (κ1) is 14.2. The molecule has 2 unspecified atom stereocenters. The van der Waals surface area contributed by atoms with Crippen LogP contribution in [0.25, 0.3) is 0 Å². The molecule has 2 atom stereocenters. The third-order valence-electron chi connectivity index (χ3n) is 3.35. The van der Waals surface area contributed by atoms with Gasteiger partial charge in [-0.2, -0.15) is 0 Å². The van der Waals surface area contributed by atoms with Gasteiger partial charge in [-0.05, 0) is 39.7 Å². The van der Waals surface area contributed by atoms with Gasteiger partial charge in [-0.15, -0.1) is 0 Å². The van der Waals surface area contributed by atoms with Crippen molar-refractivity contribution in [2.75, 3.05) is 6.61 Å². The maximum Gasteiger partial charge on any atom is 0.0652 e. The minimum absolute atomic E-state index is 0.111. The highest BCUT2D eigenvalue weighted by Gasteiger charge is 2.27. The molecule has 0 saturated heterocycles. The van der Waals surface area contributed by atoms with E-state index in [2.05, 4.69) is 58.1 Å². The fourth-order valence-corrected chi connectivity index (χ4v) is 2.16. The zero-order valence-corrected chi connectivity index (χ0v) is 11.7. The van der Waals surface area contributed by atoms with Gasteiger partial charge in [0.15, 0.2) is 0 Å². The highest BCUT2D eigenvalue weighted by molar-refractivity contribution is 5.33. The molecule has 17 heavy (non-hydrogen) atoms. The van der Waals surface area contributed by atoms with Gasteiger partial charge in [0.1, 0.15) is 0 Å². The minimum atomic E-state index is -0.355. The van der Waals surface area contributed by atoms with E-state index in [1.54, 1.807) is 0 Å². The lowest BCUT2D eigenvalue weighted by molar-refractivity contribution is 0.162. The third kappa shape index (κ3) is 3.55. The Bertz CT molecular complexity index is 355. The summed E-state index contributed by atoms with van der Waals surface area (Å²) in [5.41, 5.74) is 3.29. The summed E-state index contributed by atoms with van der Waals surface area (Å²) in [6.45, 7) is 10.7. The Balaban J connectivity index is 3.06. The molecule has 0 aliphatic rings. The number of aliphatic hydroxyl groups is 1. The number of rotatable bonds is 5. The second-order valence-corrected chi connectivity index (χ2v) is 5.32. The van der Waals surface area contributed by atoms with Crippen molar-refractivity contribution in [1.82, 2.24) is 5.32 Å². The largest absolute Gasteiger partial charge is 0.394 e. The van der Waals surface area contributed by atoms with Crippen LogP contribution in [0.1, 0.15) is 43.9 Å². The number of hydrogen-bond acceptors (Lipinski definition) is 2. The van der Waals surface area contributed by atoms with Crippen molar-refractivity contribution in [1.29, 1.82) is 0 Å². The highest BCUT2D eigenvalue weighted by atomic mass is 16.3. The molecule has 0 fully saturated rings. The molecule has 0 spiro atoms. The molecule has 2 heteroatoms. The van der Waals surface area contributed by atoms with Gasteiger partial charge in [0.2, 0.25) is 0 Å². The lowest BCUT2D eigenvalue weighted by Gasteiger charge is -2.33. The predicted octanol–water partition coefficient (Wildman–Crippen LogP) is 2.90. The van der Waals surface area contributed by atoms with Crippen molar-refractivity contribution in [3.8, 4) is 0 Å². The molecule has 2 nitrogen and oxygen atoms in total. The van der Waals surface area contributed by atoms with Crippen LogP contribution in [0.4, 0.5) is 0 Å². The standard InChI is InChI=1S/C15H25NO/c1-6-13(4)16-15(5,10-17)14-8-11(2)7-12(3)9-14/h7-9,13,16-17H,6,10H2,1-5H3. The summed E-state index contributed by atoms with van der Waals surface area (Å²) in [5, 5.41) is 13.2. The van der Waals surface area contributed by atoms with Crippen molar-refractivity contribution in [2.24, 2.45) is 0 Å². The van der Waals surface area contributed by atoms with Gasteiger partial charge >= 0.3 is 0 Å². The van der Waals surface area contributed by atoms with Gasteiger partial charge in [-0.3, -0.25) is 0 Å². The number of aryl methyl sites for hydroxylation is 2. The van der Waals surface area contributed by atoms with Crippen LogP contribution in [0, 0.1) is 13.8 Å². The van der Waals surface area contributed by atoms with Gasteiger partial charge in [0, 0.05) is 6.04 Å². The lowest BCUT2D eigenvalue weighted by Crippen LogP contribution is -2.47. The second kappa shape index (κ2) is 5.65. The van der Waals surface area contributed by atoms with Crippen molar-refractivity contribution in [3.05, 3.63) is 34.9 Å². The van der Waals surface area contributed by atoms with Crippen LogP contribution < -0.4 is 5.32 Å². The molecule has 1 aromatic rings. The van der Waals surface area contributed by atoms with E-state index in [4.69, 9.17) is 0 Å². The summed E-state index contributed by atoms with van der Waals surface area (Å²) >= 11 is 0. The fourth-order valence-electron chi connectivity index (χ4n) is 2.16. The second-order valence-electron chi connectivity index (χ2n) is 5.32. The zero-order chi connectivity index (χ0) is 13.1. The summed E-state index contributed by atoms with van der Waals surface area (Å²) in [7, 11) is 0. The smallest absolute Gasteiger partial charge is 0.0652 e. The normalized spacial score (nSPS) is 16.6. The topological polar surface area (TPSA) is 32.3 Å². The molecule has 1 aromatic carbocycles. The fraction of sp³-hybridized carbons (Fsp3) is 0.600. The lowest BCUT2D eigenvalue weighted by atomic mass is 9.89. The Morgan fingerprint density at radius 3 is 2.18 bits per heavy atom. The summed E-state index contributed by atoms with van der Waals surface area (Å²) in [6, 6.07) is 6.86. The Kier molecular flexibility index (Phi) is 4.72. The third-order valence-corrected chi connectivity index (χ3v) is 3.35. The Morgan fingerprint density at radius 2 is 1.76 bits per heavy atom. The maximum absolute atomic E-state index is 9.70. The van der Waals surface area contributed by atoms with E-state index in [-0.39, 0.29) is 12.1 Å². The molecule has 0 heterocycles. The van der Waals surface area contributed by atoms with Gasteiger partial charge in [-0.1, -0.05) is 36.2 Å². The molecular formula is C15H25NO. The zero-order valence-electron chi connectivity index (χ0n) is 11.7. The Morgan fingerprint density at radius 1 is 1.24 bits per heavy atom. The van der Waals surface area contributed by atoms with Crippen LogP contribution >= 0.6 is 0 Å². The van der Waals surface area contributed by atoms with Gasteiger partial charge in [0.05, 0.1) is 12.1 Å². The number of benzene rings is 1. The first-order chi connectivity index (χ1) is 7.91. The summed E-state index contributed by atoms with van der Waals surface area (Å²) < 4.78 is 0. The molecule has 0 aromatic heterocycles. The first-order valence-corrected chi connectivity index (χ1v) is 6.38. The number of aliphatic hydroxyl groups excluding tert-OH is 1. The summed E-state index contributed by atoms with van der Waals surface area (Å²) in [4.78, 5) is 0. The van der Waals surface area contributed by atoms with E-state index in [1.807, 2.05) is 0 Å². The van der Waals surface area contributed by atoms with Crippen LogP contribution in [-0.2, 0) is 5.54 Å². The molecule has 96 valence electrons. The van der Waals surface area contributed by atoms with E-state index in [0.717, 1.165) is 12.0 Å². The van der Waals surface area contributed by atoms with E-state index >= 15 is 0 Å². The minimum Gasteiger partial charge on any atom is -0.394 e.